The van der Waals surface area contributed by atoms with E-state index in [4.69, 9.17) is 16.3 Å². The van der Waals surface area contributed by atoms with Gasteiger partial charge < -0.3 is 4.74 Å². The lowest BCUT2D eigenvalue weighted by atomic mass is 10.0. The highest BCUT2D eigenvalue weighted by molar-refractivity contribution is 6.53. The third-order valence-corrected chi connectivity index (χ3v) is 3.14. The molecule has 0 unspecified atom stereocenters. The maximum absolute atomic E-state index is 9.29. The van der Waals surface area contributed by atoms with Crippen LogP contribution in [0.1, 0.15) is 11.1 Å². The predicted octanol–water partition coefficient (Wildman–Crippen LogP) is 4.33. The van der Waals surface area contributed by atoms with Gasteiger partial charge in [0, 0.05) is 0 Å². The molecule has 3 heteroatoms. The molecule has 0 saturated carbocycles. The van der Waals surface area contributed by atoms with E-state index in [1.807, 2.05) is 54.6 Å². The number of hydrogen-bond donors (Lipinski definition) is 0. The smallest absolute Gasteiger partial charge is 0.118 e. The molecule has 0 aliphatic heterocycles. The van der Waals surface area contributed by atoms with Crippen molar-refractivity contribution in [2.75, 3.05) is 7.11 Å². The van der Waals surface area contributed by atoms with Crippen LogP contribution in [0.5, 0.6) is 5.75 Å². The van der Waals surface area contributed by atoms with Gasteiger partial charge in [-0.2, -0.15) is 5.26 Å². The minimum absolute atomic E-state index is 0.441. The Morgan fingerprint density at radius 1 is 1.00 bits per heavy atom. The number of halogens is 1. The summed E-state index contributed by atoms with van der Waals surface area (Å²) in [7, 11) is 1.61. The average Bonchev–Trinajstić information content (AvgIpc) is 2.49. The number of rotatable bonds is 3. The van der Waals surface area contributed by atoms with Crippen molar-refractivity contribution >= 4 is 22.2 Å². The minimum Gasteiger partial charge on any atom is -0.497 e. The Hall–Kier alpha value is -2.24. The zero-order chi connectivity index (χ0) is 13.7. The fraction of sp³-hybridized carbons (Fsp3) is 0.0625. The first-order chi connectivity index (χ1) is 9.26. The summed E-state index contributed by atoms with van der Waals surface area (Å²) in [5.41, 5.74) is 2.07. The number of nitrogens with zero attached hydrogens (tertiary/aromatic N) is 1. The lowest BCUT2D eigenvalue weighted by molar-refractivity contribution is 0.415. The van der Waals surface area contributed by atoms with E-state index in [0.717, 1.165) is 16.9 Å². The van der Waals surface area contributed by atoms with Crippen LogP contribution in [-0.2, 0) is 0 Å². The van der Waals surface area contributed by atoms with Gasteiger partial charge >= 0.3 is 0 Å². The molecule has 0 radical (unpaired) electrons. The summed E-state index contributed by atoms with van der Waals surface area (Å²) in [4.78, 5) is 0. The van der Waals surface area contributed by atoms with Gasteiger partial charge in [-0.3, -0.25) is 0 Å². The number of ether oxygens (including phenoxy) is 1. The Morgan fingerprint density at radius 2 is 1.63 bits per heavy atom. The van der Waals surface area contributed by atoms with Crippen molar-refractivity contribution < 1.29 is 4.74 Å². The van der Waals surface area contributed by atoms with Crippen LogP contribution >= 0.6 is 11.6 Å². The fourth-order valence-electron chi connectivity index (χ4n) is 1.73. The molecule has 0 aliphatic rings. The number of methoxy groups -OCH3 is 1. The maximum Gasteiger partial charge on any atom is 0.118 e. The van der Waals surface area contributed by atoms with Crippen molar-refractivity contribution in [1.82, 2.24) is 0 Å². The van der Waals surface area contributed by atoms with E-state index < -0.39 is 0 Å². The first kappa shape index (κ1) is 13.2. The van der Waals surface area contributed by atoms with Gasteiger partial charge in [0.05, 0.1) is 17.7 Å². The quantitative estimate of drug-likeness (QED) is 0.614. The Morgan fingerprint density at radius 3 is 2.16 bits per heavy atom. The molecule has 19 heavy (non-hydrogen) atoms. The van der Waals surface area contributed by atoms with Gasteiger partial charge in [0.25, 0.3) is 0 Å². The summed E-state index contributed by atoms with van der Waals surface area (Å²) < 4.78 is 5.10. The van der Waals surface area contributed by atoms with Crippen LogP contribution in [0.25, 0.3) is 10.6 Å². The van der Waals surface area contributed by atoms with Crippen LogP contribution in [0, 0.1) is 11.3 Å². The van der Waals surface area contributed by atoms with Crippen LogP contribution in [0.3, 0.4) is 0 Å². The molecule has 0 heterocycles. The molecule has 0 amide bonds. The number of benzene rings is 2. The normalized spacial score (nSPS) is 11.4. The first-order valence-electron chi connectivity index (χ1n) is 5.76. The van der Waals surface area contributed by atoms with Crippen LogP contribution in [-0.4, -0.2) is 7.11 Å². The van der Waals surface area contributed by atoms with Crippen LogP contribution in [0.15, 0.2) is 54.6 Å². The Balaban J connectivity index is 2.46. The molecule has 0 saturated heterocycles. The van der Waals surface area contributed by atoms with Crippen molar-refractivity contribution in [1.29, 1.82) is 5.26 Å². The Labute approximate surface area is 117 Å². The SMILES string of the molecule is COc1ccc(/C(Cl)=C(\C#N)c2ccccc2)cc1. The molecule has 0 aliphatic carbocycles. The summed E-state index contributed by atoms with van der Waals surface area (Å²) in [6.45, 7) is 0. The molecule has 0 N–H and O–H groups in total. The third-order valence-electron chi connectivity index (χ3n) is 2.74. The highest BCUT2D eigenvalue weighted by atomic mass is 35.5. The van der Waals surface area contributed by atoms with Crippen molar-refractivity contribution in [3.05, 3.63) is 65.7 Å². The second-order valence-corrected chi connectivity index (χ2v) is 4.27. The van der Waals surface area contributed by atoms with Crippen molar-refractivity contribution in [3.63, 3.8) is 0 Å². The molecular formula is C16H12ClNO. The third kappa shape index (κ3) is 2.96. The van der Waals surface area contributed by atoms with E-state index in [2.05, 4.69) is 6.07 Å². The molecular weight excluding hydrogens is 258 g/mol. The topological polar surface area (TPSA) is 33.0 Å². The highest BCUT2D eigenvalue weighted by Crippen LogP contribution is 2.30. The second-order valence-electron chi connectivity index (χ2n) is 3.90. The zero-order valence-corrected chi connectivity index (χ0v) is 11.2. The zero-order valence-electron chi connectivity index (χ0n) is 10.4. The largest absolute Gasteiger partial charge is 0.497 e. The van der Waals surface area contributed by atoms with Gasteiger partial charge in [0.1, 0.15) is 11.8 Å². The lowest BCUT2D eigenvalue weighted by Crippen LogP contribution is -1.87. The van der Waals surface area contributed by atoms with Crippen LogP contribution < -0.4 is 4.74 Å². The first-order valence-corrected chi connectivity index (χ1v) is 6.13. The molecule has 94 valence electrons. The van der Waals surface area contributed by atoms with Gasteiger partial charge in [-0.1, -0.05) is 41.9 Å². The highest BCUT2D eigenvalue weighted by Gasteiger charge is 2.09. The van der Waals surface area contributed by atoms with Crippen molar-refractivity contribution in [2.45, 2.75) is 0 Å². The van der Waals surface area contributed by atoms with E-state index in [9.17, 15) is 5.26 Å². The summed E-state index contributed by atoms with van der Waals surface area (Å²) in [5, 5.41) is 9.74. The molecule has 0 atom stereocenters. The number of hydrogen-bond acceptors (Lipinski definition) is 2. The average molecular weight is 270 g/mol. The molecule has 0 spiro atoms. The van der Waals surface area contributed by atoms with Gasteiger partial charge in [0.2, 0.25) is 0 Å². The summed E-state index contributed by atoms with van der Waals surface area (Å²) >= 11 is 6.32. The number of allylic oxidation sites excluding steroid dienone is 1. The molecule has 0 fully saturated rings. The molecule has 2 rings (SSSR count). The Kier molecular flexibility index (Phi) is 4.22. The van der Waals surface area contributed by atoms with Crippen molar-refractivity contribution in [3.8, 4) is 11.8 Å². The minimum atomic E-state index is 0.441. The maximum atomic E-state index is 9.29. The molecule has 0 aromatic heterocycles. The molecule has 2 aromatic rings. The predicted molar refractivity (Wildman–Crippen MR) is 77.7 cm³/mol. The van der Waals surface area contributed by atoms with Crippen LogP contribution in [0.2, 0.25) is 0 Å². The van der Waals surface area contributed by atoms with E-state index in [-0.39, 0.29) is 0 Å². The van der Waals surface area contributed by atoms with Gasteiger partial charge in [-0.15, -0.1) is 0 Å². The van der Waals surface area contributed by atoms with E-state index in [1.165, 1.54) is 0 Å². The van der Waals surface area contributed by atoms with E-state index in [1.54, 1.807) is 7.11 Å². The van der Waals surface area contributed by atoms with Crippen LogP contribution in [0.4, 0.5) is 0 Å². The second kappa shape index (κ2) is 6.08. The molecule has 2 aromatic carbocycles. The van der Waals surface area contributed by atoms with Crippen molar-refractivity contribution in [2.24, 2.45) is 0 Å². The summed E-state index contributed by atoms with van der Waals surface area (Å²) in [5.74, 6) is 0.756. The summed E-state index contributed by atoms with van der Waals surface area (Å²) in [6, 6.07) is 18.9. The summed E-state index contributed by atoms with van der Waals surface area (Å²) in [6.07, 6.45) is 0. The molecule has 0 bridgehead atoms. The monoisotopic (exact) mass is 269 g/mol. The van der Waals surface area contributed by atoms with E-state index in [0.29, 0.717) is 10.6 Å². The number of nitriles is 1. The lowest BCUT2D eigenvalue weighted by Gasteiger charge is -2.05. The van der Waals surface area contributed by atoms with Gasteiger partial charge in [-0.05, 0) is 35.4 Å². The van der Waals surface area contributed by atoms with Gasteiger partial charge in [-0.25, -0.2) is 0 Å². The Bertz CT molecular complexity index is 624. The van der Waals surface area contributed by atoms with Gasteiger partial charge in [0.15, 0.2) is 0 Å². The van der Waals surface area contributed by atoms with E-state index >= 15 is 0 Å². The standard InChI is InChI=1S/C16H12ClNO/c1-19-14-9-7-13(8-10-14)16(17)15(11-18)12-5-3-2-4-6-12/h2-10H,1H3/b16-15-. The molecule has 2 nitrogen and oxygen atoms in total. The fourth-order valence-corrected chi connectivity index (χ4v) is 2.00.